The fourth-order valence-corrected chi connectivity index (χ4v) is 5.59. The first-order chi connectivity index (χ1) is 20.0. The number of nitrogens with two attached hydrogens (primary N) is 1. The van der Waals surface area contributed by atoms with Crippen LogP contribution in [0.5, 0.6) is 5.88 Å². The van der Waals surface area contributed by atoms with Gasteiger partial charge in [0.05, 0.1) is 25.4 Å². The predicted octanol–water partition coefficient (Wildman–Crippen LogP) is 2.39. The number of likely N-dealkylation sites (tertiary alicyclic amines) is 2. The van der Waals surface area contributed by atoms with Crippen LogP contribution in [0.3, 0.4) is 0 Å². The number of hydrogen-bond donors (Lipinski definition) is 2. The number of fused-ring (bicyclic) bond motifs is 1. The van der Waals surface area contributed by atoms with Crippen molar-refractivity contribution in [2.75, 3.05) is 39.0 Å². The second-order valence-electron chi connectivity index (χ2n) is 11.1. The minimum absolute atomic E-state index is 0.00733. The van der Waals surface area contributed by atoms with Gasteiger partial charge in [0, 0.05) is 50.8 Å². The summed E-state index contributed by atoms with van der Waals surface area (Å²) in [5.41, 5.74) is 6.46. The molecule has 15 heteroatoms. The van der Waals surface area contributed by atoms with Crippen LogP contribution in [0, 0.1) is 0 Å². The van der Waals surface area contributed by atoms with Crippen molar-refractivity contribution in [1.82, 2.24) is 34.7 Å². The maximum absolute atomic E-state index is 14.8. The van der Waals surface area contributed by atoms with Crippen molar-refractivity contribution in [3.05, 3.63) is 35.8 Å². The third-order valence-electron chi connectivity index (χ3n) is 8.15. The summed E-state index contributed by atoms with van der Waals surface area (Å²) in [6.45, 7) is 0.308. The van der Waals surface area contributed by atoms with Crippen molar-refractivity contribution in [2.45, 2.75) is 56.0 Å². The van der Waals surface area contributed by atoms with Crippen LogP contribution in [-0.2, 0) is 11.3 Å². The number of piperidine rings is 1. The highest BCUT2D eigenvalue weighted by Gasteiger charge is 2.54. The standard InChI is InChI=1S/C27H30F4N8O3/c1-42-24-17(23(40)36-19-13-38(12-18(19)28)25(41)26(29)2-3-26)8-15(10-33-24)20-9-16(21-22(32)34-14-35-39(20)21)11-37-6-4-27(30,31)5-7-37/h8-10,14,18-19H,2-7,11-13H2,1H3,(H,36,40)(H2,32,34,35)/t18-,19+/m0/s1. The molecule has 3 aliphatic rings. The van der Waals surface area contributed by atoms with Crippen LogP contribution < -0.4 is 15.8 Å². The number of amides is 2. The van der Waals surface area contributed by atoms with E-state index in [1.54, 1.807) is 10.6 Å². The summed E-state index contributed by atoms with van der Waals surface area (Å²) in [6.07, 6.45) is 0.942. The van der Waals surface area contributed by atoms with E-state index in [9.17, 15) is 27.2 Å². The predicted molar refractivity (Wildman–Crippen MR) is 142 cm³/mol. The highest BCUT2D eigenvalue weighted by molar-refractivity contribution is 5.98. The Hall–Kier alpha value is -4.01. The van der Waals surface area contributed by atoms with Crippen LogP contribution in [0.1, 0.15) is 41.6 Å². The molecule has 2 saturated heterocycles. The average molecular weight is 591 g/mol. The topological polar surface area (TPSA) is 131 Å². The van der Waals surface area contributed by atoms with Gasteiger partial charge in [-0.1, -0.05) is 0 Å². The van der Waals surface area contributed by atoms with Gasteiger partial charge < -0.3 is 20.7 Å². The molecule has 224 valence electrons. The molecule has 5 heterocycles. The number of halogens is 4. The molecule has 1 aliphatic carbocycles. The molecular formula is C27H30F4N8O3. The number of carbonyl (C=O) groups is 2. The Balaban J connectivity index is 1.27. The Morgan fingerprint density at radius 1 is 1.12 bits per heavy atom. The molecule has 0 radical (unpaired) electrons. The van der Waals surface area contributed by atoms with Crippen LogP contribution in [0.15, 0.2) is 24.7 Å². The minimum Gasteiger partial charge on any atom is -0.480 e. The molecule has 0 aromatic carbocycles. The maximum atomic E-state index is 14.8. The molecule has 2 atom stereocenters. The monoisotopic (exact) mass is 590 g/mol. The van der Waals surface area contributed by atoms with Gasteiger partial charge in [-0.3, -0.25) is 14.5 Å². The number of methoxy groups -OCH3 is 1. The number of hydrogen-bond acceptors (Lipinski definition) is 8. The molecule has 3 aromatic rings. The number of nitrogen functional groups attached to an aromatic ring is 1. The first-order valence-corrected chi connectivity index (χ1v) is 13.7. The molecule has 0 bridgehead atoms. The largest absolute Gasteiger partial charge is 0.480 e. The minimum atomic E-state index is -2.68. The van der Waals surface area contributed by atoms with Crippen molar-refractivity contribution < 1.29 is 31.9 Å². The molecular weight excluding hydrogens is 560 g/mol. The summed E-state index contributed by atoms with van der Waals surface area (Å²) in [5.74, 6) is -3.93. The van der Waals surface area contributed by atoms with E-state index in [1.807, 2.05) is 4.90 Å². The van der Waals surface area contributed by atoms with E-state index in [0.29, 0.717) is 28.9 Å². The lowest BCUT2D eigenvalue weighted by molar-refractivity contribution is -0.137. The Kier molecular flexibility index (Phi) is 6.94. The number of ether oxygens (including phenoxy) is 1. The van der Waals surface area contributed by atoms with Gasteiger partial charge in [-0.15, -0.1) is 0 Å². The highest BCUT2D eigenvalue weighted by Crippen LogP contribution is 2.42. The van der Waals surface area contributed by atoms with E-state index in [0.717, 1.165) is 4.90 Å². The van der Waals surface area contributed by atoms with E-state index in [2.05, 4.69) is 20.4 Å². The molecule has 6 rings (SSSR count). The summed E-state index contributed by atoms with van der Waals surface area (Å²) in [6, 6.07) is 2.27. The molecule has 1 saturated carbocycles. The van der Waals surface area contributed by atoms with Gasteiger partial charge in [0.25, 0.3) is 17.7 Å². The summed E-state index contributed by atoms with van der Waals surface area (Å²) in [7, 11) is 1.34. The zero-order valence-electron chi connectivity index (χ0n) is 22.8. The third-order valence-corrected chi connectivity index (χ3v) is 8.15. The smallest absolute Gasteiger partial charge is 0.260 e. The van der Waals surface area contributed by atoms with Crippen molar-refractivity contribution in [3.8, 4) is 17.1 Å². The van der Waals surface area contributed by atoms with Gasteiger partial charge in [-0.25, -0.2) is 32.0 Å². The third kappa shape index (κ3) is 5.21. The summed E-state index contributed by atoms with van der Waals surface area (Å²) >= 11 is 0. The lowest BCUT2D eigenvalue weighted by Crippen LogP contribution is -2.43. The second-order valence-corrected chi connectivity index (χ2v) is 11.1. The lowest BCUT2D eigenvalue weighted by Gasteiger charge is -2.31. The van der Waals surface area contributed by atoms with Crippen LogP contribution in [0.2, 0.25) is 0 Å². The normalized spacial score (nSPS) is 23.2. The Labute approximate surface area is 238 Å². The quantitative estimate of drug-likeness (QED) is 0.402. The molecule has 3 aromatic heterocycles. The fourth-order valence-electron chi connectivity index (χ4n) is 5.59. The van der Waals surface area contributed by atoms with Gasteiger partial charge in [0.1, 0.15) is 23.6 Å². The zero-order valence-corrected chi connectivity index (χ0v) is 22.8. The number of nitrogens with one attached hydrogen (secondary N) is 1. The fraction of sp³-hybridized carbons (Fsp3) is 0.519. The first kappa shape index (κ1) is 28.1. The Morgan fingerprint density at radius 2 is 1.86 bits per heavy atom. The molecule has 11 nitrogen and oxygen atoms in total. The van der Waals surface area contributed by atoms with Crippen LogP contribution in [0.25, 0.3) is 16.8 Å². The number of carbonyl (C=O) groups excluding carboxylic acids is 2. The van der Waals surface area contributed by atoms with E-state index < -0.39 is 35.6 Å². The van der Waals surface area contributed by atoms with Crippen LogP contribution in [-0.4, -0.2) is 98.3 Å². The number of aromatic nitrogens is 4. The summed E-state index contributed by atoms with van der Waals surface area (Å²) in [5, 5.41) is 6.92. The molecule has 0 spiro atoms. The van der Waals surface area contributed by atoms with Crippen molar-refractivity contribution in [1.29, 1.82) is 0 Å². The van der Waals surface area contributed by atoms with E-state index in [4.69, 9.17) is 10.5 Å². The maximum Gasteiger partial charge on any atom is 0.260 e. The van der Waals surface area contributed by atoms with Gasteiger partial charge in [0.2, 0.25) is 5.88 Å². The van der Waals surface area contributed by atoms with Gasteiger partial charge in [-0.2, -0.15) is 5.10 Å². The first-order valence-electron chi connectivity index (χ1n) is 13.7. The Morgan fingerprint density at radius 3 is 2.55 bits per heavy atom. The second kappa shape index (κ2) is 10.4. The van der Waals surface area contributed by atoms with Gasteiger partial charge in [-0.05, 0) is 30.5 Å². The van der Waals surface area contributed by atoms with E-state index in [-0.39, 0.29) is 69.1 Å². The average Bonchev–Trinajstić information content (AvgIpc) is 3.46. The van der Waals surface area contributed by atoms with Crippen LogP contribution in [0.4, 0.5) is 23.4 Å². The molecule has 3 N–H and O–H groups in total. The Bertz CT molecular complexity index is 1540. The van der Waals surface area contributed by atoms with Gasteiger partial charge in [0.15, 0.2) is 11.5 Å². The van der Waals surface area contributed by atoms with Crippen LogP contribution >= 0.6 is 0 Å². The summed E-state index contributed by atoms with van der Waals surface area (Å²) < 4.78 is 63.3. The molecule has 0 unspecified atom stereocenters. The van der Waals surface area contributed by atoms with E-state index >= 15 is 0 Å². The van der Waals surface area contributed by atoms with Crippen molar-refractivity contribution in [3.63, 3.8) is 0 Å². The van der Waals surface area contributed by atoms with E-state index in [1.165, 1.54) is 25.7 Å². The number of nitrogens with zero attached hydrogens (tertiary/aromatic N) is 6. The highest BCUT2D eigenvalue weighted by atomic mass is 19.3. The summed E-state index contributed by atoms with van der Waals surface area (Å²) in [4.78, 5) is 37.1. The SMILES string of the molecule is COc1ncc(-c2cc(CN3CCC(F)(F)CC3)c3c(N)ncnn23)cc1C(=O)N[C@@H]1CN(C(=O)C2(F)CC2)C[C@@H]1F. The number of rotatable bonds is 7. The van der Waals surface area contributed by atoms with Crippen molar-refractivity contribution >= 4 is 23.1 Å². The zero-order chi connectivity index (χ0) is 29.8. The van der Waals surface area contributed by atoms with Gasteiger partial charge >= 0.3 is 0 Å². The molecule has 2 aliphatic heterocycles. The lowest BCUT2D eigenvalue weighted by atomic mass is 10.1. The number of alkyl halides is 4. The molecule has 3 fully saturated rings. The number of pyridine rings is 1. The number of anilines is 1. The molecule has 42 heavy (non-hydrogen) atoms. The molecule has 2 amide bonds. The van der Waals surface area contributed by atoms with Crippen molar-refractivity contribution in [2.24, 2.45) is 0 Å².